The number of hydrogen-bond donors (Lipinski definition) is 3. The van der Waals surface area contributed by atoms with Gasteiger partial charge >= 0.3 is 0 Å². The molecule has 3 fully saturated rings. The van der Waals surface area contributed by atoms with Crippen LogP contribution in [0.15, 0.2) is 12.3 Å². The maximum absolute atomic E-state index is 12.3. The van der Waals surface area contributed by atoms with Crippen LogP contribution in [0.2, 0.25) is 0 Å². The smallest absolute Gasteiger partial charge is 0.226 e. The van der Waals surface area contributed by atoms with Crippen molar-refractivity contribution in [3.8, 4) is 0 Å². The summed E-state index contributed by atoms with van der Waals surface area (Å²) >= 11 is 0. The van der Waals surface area contributed by atoms with Gasteiger partial charge in [-0.25, -0.2) is 9.97 Å². The van der Waals surface area contributed by atoms with Crippen LogP contribution in [-0.4, -0.2) is 49.8 Å². The first-order valence-electron chi connectivity index (χ1n) is 8.77. The molecule has 1 atom stereocenters. The maximum atomic E-state index is 12.3. The minimum absolute atomic E-state index is 0.0573. The molecule has 0 aromatic carbocycles. The lowest BCUT2D eigenvalue weighted by atomic mass is 9.72. The van der Waals surface area contributed by atoms with Gasteiger partial charge in [0.25, 0.3) is 0 Å². The van der Waals surface area contributed by atoms with E-state index >= 15 is 0 Å². The predicted octanol–water partition coefficient (Wildman–Crippen LogP) is 0.501. The van der Waals surface area contributed by atoms with E-state index < -0.39 is 5.60 Å². The number of aliphatic hydroxyl groups excluding tert-OH is 1. The van der Waals surface area contributed by atoms with Gasteiger partial charge < -0.3 is 20.4 Å². The lowest BCUT2D eigenvalue weighted by Crippen LogP contribution is -2.61. The van der Waals surface area contributed by atoms with Crippen LogP contribution in [0.3, 0.4) is 0 Å². The highest BCUT2D eigenvalue weighted by molar-refractivity contribution is 5.78. The first-order valence-corrected chi connectivity index (χ1v) is 8.77. The molecule has 2 aliphatic carbocycles. The molecule has 0 radical (unpaired) electrons. The van der Waals surface area contributed by atoms with Gasteiger partial charge in [-0.3, -0.25) is 4.79 Å². The van der Waals surface area contributed by atoms with Gasteiger partial charge in [0.2, 0.25) is 11.9 Å². The normalized spacial score (nSPS) is 26.2. The van der Waals surface area contributed by atoms with Crippen molar-refractivity contribution in [2.24, 2.45) is 0 Å². The van der Waals surface area contributed by atoms with Crippen LogP contribution in [0, 0.1) is 0 Å². The number of nitrogens with zero attached hydrogens (tertiary/aromatic N) is 3. The quantitative estimate of drug-likeness (QED) is 0.726. The fourth-order valence-electron chi connectivity index (χ4n) is 4.07. The van der Waals surface area contributed by atoms with Crippen molar-refractivity contribution in [2.45, 2.75) is 68.7 Å². The topological polar surface area (TPSA) is 98.6 Å². The zero-order valence-corrected chi connectivity index (χ0v) is 13.7. The van der Waals surface area contributed by atoms with Crippen LogP contribution in [0.25, 0.3) is 0 Å². The van der Waals surface area contributed by atoms with E-state index in [1.807, 2.05) is 0 Å². The second-order valence-corrected chi connectivity index (χ2v) is 7.42. The molecule has 3 aliphatic rings. The number of hydrogen-bond acceptors (Lipinski definition) is 6. The predicted molar refractivity (Wildman–Crippen MR) is 87.2 cm³/mol. The molecule has 1 aromatic rings. The molecular formula is C17H24N4O3. The van der Waals surface area contributed by atoms with Gasteiger partial charge in [0.05, 0.1) is 35.9 Å². The summed E-state index contributed by atoms with van der Waals surface area (Å²) in [7, 11) is 0. The van der Waals surface area contributed by atoms with Crippen LogP contribution in [-0.2, 0) is 11.4 Å². The Labute approximate surface area is 141 Å². The summed E-state index contributed by atoms with van der Waals surface area (Å²) in [5.41, 5.74) is -0.262. The van der Waals surface area contributed by atoms with Crippen LogP contribution in [0.5, 0.6) is 0 Å². The van der Waals surface area contributed by atoms with Crippen molar-refractivity contribution >= 4 is 11.9 Å². The largest absolute Gasteiger partial charge is 0.390 e. The van der Waals surface area contributed by atoms with E-state index in [0.29, 0.717) is 11.6 Å². The van der Waals surface area contributed by atoms with E-state index in [1.165, 1.54) is 0 Å². The second kappa shape index (κ2) is 5.67. The summed E-state index contributed by atoms with van der Waals surface area (Å²) in [6, 6.07) is 1.78. The monoisotopic (exact) mass is 332 g/mol. The Morgan fingerprint density at radius 2 is 2.17 bits per heavy atom. The average molecular weight is 332 g/mol. The van der Waals surface area contributed by atoms with Crippen molar-refractivity contribution in [2.75, 3.05) is 11.4 Å². The second-order valence-electron chi connectivity index (χ2n) is 7.42. The highest BCUT2D eigenvalue weighted by Crippen LogP contribution is 2.47. The molecule has 24 heavy (non-hydrogen) atoms. The number of anilines is 1. The van der Waals surface area contributed by atoms with Gasteiger partial charge in [-0.2, -0.15) is 0 Å². The van der Waals surface area contributed by atoms with Crippen molar-refractivity contribution in [3.63, 3.8) is 0 Å². The number of aliphatic hydroxyl groups is 2. The van der Waals surface area contributed by atoms with Crippen molar-refractivity contribution in [1.82, 2.24) is 15.3 Å². The average Bonchev–Trinajstić information content (AvgIpc) is 3.12. The molecule has 7 heteroatoms. The lowest BCUT2D eigenvalue weighted by molar-refractivity contribution is -0.124. The number of rotatable bonds is 5. The zero-order chi connectivity index (χ0) is 16.8. The minimum atomic E-state index is -0.756. The van der Waals surface area contributed by atoms with Gasteiger partial charge in [-0.15, -0.1) is 0 Å². The van der Waals surface area contributed by atoms with Crippen molar-refractivity contribution < 1.29 is 15.0 Å². The summed E-state index contributed by atoms with van der Waals surface area (Å²) < 4.78 is 0. The van der Waals surface area contributed by atoms with Gasteiger partial charge in [0.15, 0.2) is 0 Å². The van der Waals surface area contributed by atoms with Crippen molar-refractivity contribution in [1.29, 1.82) is 0 Å². The Morgan fingerprint density at radius 3 is 2.79 bits per heavy atom. The van der Waals surface area contributed by atoms with E-state index in [9.17, 15) is 15.0 Å². The Hall–Kier alpha value is -1.73. The zero-order valence-electron chi connectivity index (χ0n) is 13.7. The third kappa shape index (κ3) is 2.65. The molecule has 2 heterocycles. The van der Waals surface area contributed by atoms with E-state index in [0.717, 1.165) is 45.1 Å². The van der Waals surface area contributed by atoms with Crippen LogP contribution < -0.4 is 10.2 Å². The van der Waals surface area contributed by atoms with E-state index in [-0.39, 0.29) is 30.5 Å². The molecule has 1 spiro atoms. The first-order chi connectivity index (χ1) is 11.5. The van der Waals surface area contributed by atoms with Crippen LogP contribution >= 0.6 is 0 Å². The van der Waals surface area contributed by atoms with Gasteiger partial charge in [-0.1, -0.05) is 0 Å². The summed E-state index contributed by atoms with van der Waals surface area (Å²) in [6.07, 6.45) is 7.34. The number of aromatic nitrogens is 2. The molecule has 2 saturated carbocycles. The van der Waals surface area contributed by atoms with Crippen molar-refractivity contribution in [3.05, 3.63) is 18.0 Å². The third-order valence-electron chi connectivity index (χ3n) is 5.80. The van der Waals surface area contributed by atoms with E-state index in [1.54, 1.807) is 12.3 Å². The fraction of sp³-hybridized carbons (Fsp3) is 0.706. The molecule has 7 nitrogen and oxygen atoms in total. The van der Waals surface area contributed by atoms with Gasteiger partial charge in [0.1, 0.15) is 0 Å². The third-order valence-corrected chi connectivity index (χ3v) is 5.80. The molecule has 3 N–H and O–H groups in total. The summed E-state index contributed by atoms with van der Waals surface area (Å²) in [6.45, 7) is 0.694. The fourth-order valence-corrected chi connectivity index (χ4v) is 4.07. The SMILES string of the molecule is O=C(CC1(O)CC1)NC1CCN(c2nccc(CO)n2)C12CCC2. The molecule has 130 valence electrons. The number of nitrogens with one attached hydrogen (secondary N) is 1. The molecule has 1 unspecified atom stereocenters. The van der Waals surface area contributed by atoms with Gasteiger partial charge in [0, 0.05) is 12.7 Å². The highest BCUT2D eigenvalue weighted by Gasteiger charge is 2.54. The summed E-state index contributed by atoms with van der Waals surface area (Å²) in [5.74, 6) is 0.581. The molecule has 1 saturated heterocycles. The highest BCUT2D eigenvalue weighted by atomic mass is 16.3. The Balaban J connectivity index is 1.50. The molecule has 1 amide bonds. The summed E-state index contributed by atoms with van der Waals surface area (Å²) in [4.78, 5) is 23.3. The van der Waals surface area contributed by atoms with Crippen LogP contribution in [0.4, 0.5) is 5.95 Å². The van der Waals surface area contributed by atoms with E-state index in [2.05, 4.69) is 20.2 Å². The minimum Gasteiger partial charge on any atom is -0.390 e. The molecule has 0 bridgehead atoms. The Bertz CT molecular complexity index is 642. The Kier molecular flexibility index (Phi) is 3.73. The number of amides is 1. The van der Waals surface area contributed by atoms with Crippen LogP contribution in [0.1, 0.15) is 50.6 Å². The molecular weight excluding hydrogens is 308 g/mol. The molecule has 1 aromatic heterocycles. The number of carbonyl (C=O) groups is 1. The molecule has 1 aliphatic heterocycles. The molecule has 4 rings (SSSR count). The summed E-state index contributed by atoms with van der Waals surface area (Å²) in [5, 5.41) is 22.4. The Morgan fingerprint density at radius 1 is 1.38 bits per heavy atom. The van der Waals surface area contributed by atoms with E-state index in [4.69, 9.17) is 0 Å². The van der Waals surface area contributed by atoms with Gasteiger partial charge in [-0.05, 0) is 44.6 Å². The standard InChI is InChI=1S/C17H24N4O3/c22-11-12-2-8-18-15(19-12)21-9-3-13(17(21)4-1-5-17)20-14(23)10-16(24)6-7-16/h2,8,13,22,24H,1,3-7,9-11H2,(H,20,23). The maximum Gasteiger partial charge on any atom is 0.226 e. The lowest BCUT2D eigenvalue weighted by Gasteiger charge is -2.49. The number of carbonyl (C=O) groups excluding carboxylic acids is 1. The first kappa shape index (κ1) is 15.8.